The number of urea groups is 1. The number of rotatable bonds is 4. The van der Waals surface area contributed by atoms with Crippen molar-refractivity contribution in [2.45, 2.75) is 0 Å². The van der Waals surface area contributed by atoms with E-state index in [1.807, 2.05) is 0 Å². The number of nitrogens with one attached hydrogen (secondary N) is 2. The van der Waals surface area contributed by atoms with Gasteiger partial charge in [0.25, 0.3) is 11.8 Å². The molecule has 0 radical (unpaired) electrons. The van der Waals surface area contributed by atoms with E-state index < -0.39 is 6.03 Å². The Balaban J connectivity index is 1.52. The highest BCUT2D eigenvalue weighted by Gasteiger charge is 2.34. The summed E-state index contributed by atoms with van der Waals surface area (Å²) in [6, 6.07) is 6.12. The zero-order valence-corrected chi connectivity index (χ0v) is 13.9. The minimum Gasteiger partial charge on any atom is -0.336 e. The van der Waals surface area contributed by atoms with Crippen molar-refractivity contribution in [1.82, 2.24) is 20.2 Å². The highest BCUT2D eigenvalue weighted by Crippen LogP contribution is 2.21. The van der Waals surface area contributed by atoms with Gasteiger partial charge in [-0.1, -0.05) is 12.1 Å². The summed E-state index contributed by atoms with van der Waals surface area (Å²) in [5.41, 5.74) is 0.769. The van der Waals surface area contributed by atoms with Crippen molar-refractivity contribution in [2.24, 2.45) is 0 Å². The first-order chi connectivity index (χ1) is 11.6. The number of amides is 4. The number of fused-ring (bicyclic) bond motifs is 1. The molecule has 122 valence electrons. The maximum atomic E-state index is 12.2. The predicted molar refractivity (Wildman–Crippen MR) is 88.6 cm³/mol. The van der Waals surface area contributed by atoms with Gasteiger partial charge < -0.3 is 5.32 Å². The summed E-state index contributed by atoms with van der Waals surface area (Å²) in [6.45, 7) is 0.203. The van der Waals surface area contributed by atoms with Crippen LogP contribution in [0.1, 0.15) is 20.7 Å². The normalized spacial score (nSPS) is 13.0. The van der Waals surface area contributed by atoms with Crippen LogP contribution in [0.4, 0.5) is 10.7 Å². The van der Waals surface area contributed by atoms with Crippen LogP contribution in [0.3, 0.4) is 0 Å². The summed E-state index contributed by atoms with van der Waals surface area (Å²) in [5, 5.41) is 5.01. The molecule has 0 saturated heterocycles. The molecule has 4 amide bonds. The Hall–Kier alpha value is -2.81. The summed E-state index contributed by atoms with van der Waals surface area (Å²) in [5.74, 6) is -0.556. The minimum absolute atomic E-state index is 0.0843. The van der Waals surface area contributed by atoms with Gasteiger partial charge in [0.1, 0.15) is 0 Å². The number of benzene rings is 1. The van der Waals surface area contributed by atoms with Crippen LogP contribution < -0.4 is 10.6 Å². The average Bonchev–Trinajstić information content (AvgIpc) is 2.82. The highest BCUT2D eigenvalue weighted by atomic mass is 79.9. The van der Waals surface area contributed by atoms with Gasteiger partial charge in [-0.05, 0) is 28.1 Å². The highest BCUT2D eigenvalue weighted by molar-refractivity contribution is 9.10. The fraction of sp³-hybridized carbons (Fsp3) is 0.133. The summed E-state index contributed by atoms with van der Waals surface area (Å²) >= 11 is 3.19. The van der Waals surface area contributed by atoms with Gasteiger partial charge in [-0.25, -0.2) is 14.8 Å². The molecule has 0 spiro atoms. The van der Waals surface area contributed by atoms with Gasteiger partial charge in [0, 0.05) is 25.5 Å². The molecular weight excluding hydrogens is 378 g/mol. The fourth-order valence-electron chi connectivity index (χ4n) is 2.25. The number of carbonyl (C=O) groups excluding carboxylic acids is 3. The lowest BCUT2D eigenvalue weighted by Crippen LogP contribution is -2.39. The second kappa shape index (κ2) is 6.75. The number of imide groups is 1. The molecule has 2 aromatic rings. The smallest absolute Gasteiger partial charge is 0.321 e. The molecule has 2 heterocycles. The van der Waals surface area contributed by atoms with E-state index in [1.165, 1.54) is 12.4 Å². The number of carbonyl (C=O) groups is 3. The fourth-order valence-corrected chi connectivity index (χ4v) is 2.45. The maximum Gasteiger partial charge on any atom is 0.321 e. The van der Waals surface area contributed by atoms with E-state index >= 15 is 0 Å². The zero-order valence-electron chi connectivity index (χ0n) is 12.3. The molecule has 0 aliphatic carbocycles. The molecule has 0 atom stereocenters. The number of halogens is 1. The molecule has 0 bridgehead atoms. The Bertz CT molecular complexity index is 774. The third kappa shape index (κ3) is 3.25. The van der Waals surface area contributed by atoms with Crippen molar-refractivity contribution < 1.29 is 14.4 Å². The topological polar surface area (TPSA) is 104 Å². The third-order valence-electron chi connectivity index (χ3n) is 3.34. The van der Waals surface area contributed by atoms with Gasteiger partial charge in [-0.3, -0.25) is 19.8 Å². The molecule has 0 unspecified atom stereocenters. The summed E-state index contributed by atoms with van der Waals surface area (Å²) in [7, 11) is 0. The summed E-state index contributed by atoms with van der Waals surface area (Å²) < 4.78 is 0.694. The molecule has 24 heavy (non-hydrogen) atoms. The SMILES string of the molecule is O=C(NCCN1C(=O)c2ccccc2C1=O)Nc1ncc(Br)cn1. The molecule has 8 nitrogen and oxygen atoms in total. The summed E-state index contributed by atoms with van der Waals surface area (Å²) in [4.78, 5) is 45.0. The number of hydrogen-bond acceptors (Lipinski definition) is 5. The van der Waals surface area contributed by atoms with Crippen molar-refractivity contribution in [1.29, 1.82) is 0 Å². The van der Waals surface area contributed by atoms with Crippen LogP contribution in [-0.2, 0) is 0 Å². The quantitative estimate of drug-likeness (QED) is 0.773. The average molecular weight is 390 g/mol. The Morgan fingerprint density at radius 2 is 1.67 bits per heavy atom. The standard InChI is InChI=1S/C15H12BrN5O3/c16-9-7-18-14(19-8-9)20-15(24)17-5-6-21-12(22)10-3-1-2-4-11(10)13(21)23/h1-4,7-8H,5-6H2,(H2,17,18,19,20,24). The molecule has 9 heteroatoms. The first-order valence-corrected chi connectivity index (χ1v) is 7.83. The summed E-state index contributed by atoms with van der Waals surface area (Å²) in [6.07, 6.45) is 3.00. The molecular formula is C15H12BrN5O3. The van der Waals surface area contributed by atoms with Gasteiger partial charge in [0.2, 0.25) is 5.95 Å². The van der Waals surface area contributed by atoms with Crippen LogP contribution >= 0.6 is 15.9 Å². The van der Waals surface area contributed by atoms with Crippen molar-refractivity contribution in [3.8, 4) is 0 Å². The molecule has 1 aromatic carbocycles. The van der Waals surface area contributed by atoms with Gasteiger partial charge in [0.15, 0.2) is 0 Å². The van der Waals surface area contributed by atoms with Crippen molar-refractivity contribution in [3.63, 3.8) is 0 Å². The Kier molecular flexibility index (Phi) is 4.52. The minimum atomic E-state index is -0.520. The Labute approximate surface area is 145 Å². The van der Waals surface area contributed by atoms with E-state index in [-0.39, 0.29) is 30.9 Å². The van der Waals surface area contributed by atoms with E-state index in [4.69, 9.17) is 0 Å². The third-order valence-corrected chi connectivity index (χ3v) is 3.75. The molecule has 1 aromatic heterocycles. The van der Waals surface area contributed by atoms with E-state index in [0.29, 0.717) is 15.6 Å². The molecule has 1 aliphatic rings. The second-order valence-corrected chi connectivity index (χ2v) is 5.83. The van der Waals surface area contributed by atoms with Crippen LogP contribution in [0.15, 0.2) is 41.1 Å². The molecule has 1 aliphatic heterocycles. The van der Waals surface area contributed by atoms with Gasteiger partial charge in [0.05, 0.1) is 15.6 Å². The van der Waals surface area contributed by atoms with E-state index in [2.05, 4.69) is 36.5 Å². The van der Waals surface area contributed by atoms with Gasteiger partial charge in [-0.2, -0.15) is 0 Å². The Morgan fingerprint density at radius 3 is 2.25 bits per heavy atom. The lowest BCUT2D eigenvalue weighted by molar-refractivity contribution is 0.0656. The van der Waals surface area contributed by atoms with Crippen LogP contribution in [0.25, 0.3) is 0 Å². The lowest BCUT2D eigenvalue weighted by atomic mass is 10.1. The Morgan fingerprint density at radius 1 is 1.08 bits per heavy atom. The number of anilines is 1. The van der Waals surface area contributed by atoms with E-state index in [9.17, 15) is 14.4 Å². The van der Waals surface area contributed by atoms with Crippen LogP contribution in [-0.4, -0.2) is 45.8 Å². The van der Waals surface area contributed by atoms with Crippen molar-refractivity contribution in [2.75, 3.05) is 18.4 Å². The lowest BCUT2D eigenvalue weighted by Gasteiger charge is -2.14. The van der Waals surface area contributed by atoms with Crippen LogP contribution in [0.2, 0.25) is 0 Å². The van der Waals surface area contributed by atoms with Gasteiger partial charge >= 0.3 is 6.03 Å². The van der Waals surface area contributed by atoms with Crippen LogP contribution in [0.5, 0.6) is 0 Å². The van der Waals surface area contributed by atoms with Crippen LogP contribution in [0, 0.1) is 0 Å². The molecule has 0 saturated carbocycles. The molecule has 2 N–H and O–H groups in total. The maximum absolute atomic E-state index is 12.2. The van der Waals surface area contributed by atoms with Crippen molar-refractivity contribution >= 4 is 39.7 Å². The second-order valence-electron chi connectivity index (χ2n) is 4.91. The van der Waals surface area contributed by atoms with E-state index in [0.717, 1.165) is 4.90 Å². The zero-order chi connectivity index (χ0) is 17.1. The van der Waals surface area contributed by atoms with Gasteiger partial charge in [-0.15, -0.1) is 0 Å². The monoisotopic (exact) mass is 389 g/mol. The number of aromatic nitrogens is 2. The number of hydrogen-bond donors (Lipinski definition) is 2. The number of nitrogens with zero attached hydrogens (tertiary/aromatic N) is 3. The van der Waals surface area contributed by atoms with E-state index in [1.54, 1.807) is 24.3 Å². The molecule has 3 rings (SSSR count). The largest absolute Gasteiger partial charge is 0.336 e. The first kappa shape index (κ1) is 16.1. The molecule has 0 fully saturated rings. The predicted octanol–water partition coefficient (Wildman–Crippen LogP) is 1.66. The first-order valence-electron chi connectivity index (χ1n) is 7.04. The van der Waals surface area contributed by atoms with Crippen molar-refractivity contribution in [3.05, 3.63) is 52.3 Å².